The van der Waals surface area contributed by atoms with E-state index in [1.165, 1.54) is 16.9 Å². The average Bonchev–Trinajstić information content (AvgIpc) is 3.01. The summed E-state index contributed by atoms with van der Waals surface area (Å²) in [5, 5.41) is 4.88. The van der Waals surface area contributed by atoms with Crippen molar-refractivity contribution in [1.82, 2.24) is 10.2 Å². The van der Waals surface area contributed by atoms with Crippen molar-refractivity contribution < 1.29 is 4.79 Å². The molecule has 1 aromatic carbocycles. The Morgan fingerprint density at radius 1 is 1.24 bits per heavy atom. The van der Waals surface area contributed by atoms with Gasteiger partial charge < -0.3 is 16.0 Å². The van der Waals surface area contributed by atoms with Gasteiger partial charge in [0.25, 0.3) is 0 Å². The summed E-state index contributed by atoms with van der Waals surface area (Å²) >= 11 is 1.50. The molecule has 5 heteroatoms. The third-order valence-corrected chi connectivity index (χ3v) is 4.36. The van der Waals surface area contributed by atoms with Crippen molar-refractivity contribution in [1.29, 1.82) is 0 Å². The van der Waals surface area contributed by atoms with E-state index in [1.54, 1.807) is 0 Å². The van der Waals surface area contributed by atoms with E-state index in [2.05, 4.69) is 22.3 Å². The van der Waals surface area contributed by atoms with Gasteiger partial charge in [-0.05, 0) is 31.1 Å². The molecule has 1 heterocycles. The Bertz CT molecular complexity index is 554. The van der Waals surface area contributed by atoms with Gasteiger partial charge in [-0.2, -0.15) is 0 Å². The van der Waals surface area contributed by atoms with Crippen LogP contribution < -0.4 is 11.1 Å². The molecular formula is C16H21N3OS. The van der Waals surface area contributed by atoms with Gasteiger partial charge in [0.15, 0.2) is 0 Å². The summed E-state index contributed by atoms with van der Waals surface area (Å²) in [6, 6.07) is 13.5. The number of nitrogens with zero attached hydrogens (tertiary/aromatic N) is 1. The minimum Gasteiger partial charge on any atom is -0.353 e. The first-order chi connectivity index (χ1) is 10.1. The Morgan fingerprint density at radius 2 is 1.95 bits per heavy atom. The number of nitrogens with two attached hydrogens (primary N) is 1. The standard InChI is InChI=1S/C16H21N3OS/c1-19(2)13(12-7-4-3-5-8-12)11-18-16(20)15(17)14-9-6-10-21-14/h3-10,13,15H,11,17H2,1-2H3,(H,18,20). The van der Waals surface area contributed by atoms with Crippen LogP contribution >= 0.6 is 11.3 Å². The molecule has 0 saturated carbocycles. The highest BCUT2D eigenvalue weighted by Gasteiger charge is 2.19. The lowest BCUT2D eigenvalue weighted by Crippen LogP contribution is -2.39. The Hall–Kier alpha value is -1.69. The largest absolute Gasteiger partial charge is 0.353 e. The third kappa shape index (κ3) is 4.14. The molecule has 0 aliphatic carbocycles. The van der Waals surface area contributed by atoms with E-state index < -0.39 is 6.04 Å². The maximum atomic E-state index is 12.2. The van der Waals surface area contributed by atoms with Gasteiger partial charge in [0.1, 0.15) is 6.04 Å². The van der Waals surface area contributed by atoms with Crippen LogP contribution in [0, 0.1) is 0 Å². The molecule has 112 valence electrons. The van der Waals surface area contributed by atoms with Crippen molar-refractivity contribution in [3.63, 3.8) is 0 Å². The van der Waals surface area contributed by atoms with E-state index in [0.29, 0.717) is 6.54 Å². The van der Waals surface area contributed by atoms with Crippen molar-refractivity contribution >= 4 is 17.2 Å². The molecule has 2 atom stereocenters. The number of hydrogen-bond acceptors (Lipinski definition) is 4. The molecule has 2 rings (SSSR count). The van der Waals surface area contributed by atoms with Crippen LogP contribution in [0.4, 0.5) is 0 Å². The van der Waals surface area contributed by atoms with Crippen LogP contribution in [0.3, 0.4) is 0 Å². The van der Waals surface area contributed by atoms with E-state index in [0.717, 1.165) is 4.88 Å². The third-order valence-electron chi connectivity index (χ3n) is 3.41. The Morgan fingerprint density at radius 3 is 2.52 bits per heavy atom. The van der Waals surface area contributed by atoms with E-state index in [4.69, 9.17) is 5.73 Å². The normalized spacial score (nSPS) is 13.9. The second-order valence-corrected chi connectivity index (χ2v) is 6.11. The van der Waals surface area contributed by atoms with Crippen LogP contribution in [-0.4, -0.2) is 31.4 Å². The van der Waals surface area contributed by atoms with Crippen LogP contribution in [0.5, 0.6) is 0 Å². The number of benzene rings is 1. The van der Waals surface area contributed by atoms with Crippen LogP contribution in [0.15, 0.2) is 47.8 Å². The minimum absolute atomic E-state index is 0.130. The van der Waals surface area contributed by atoms with Gasteiger partial charge in [0, 0.05) is 11.4 Å². The summed E-state index contributed by atoms with van der Waals surface area (Å²) in [4.78, 5) is 15.1. The summed E-state index contributed by atoms with van der Waals surface area (Å²) in [5.74, 6) is -0.139. The SMILES string of the molecule is CN(C)C(CNC(=O)C(N)c1cccs1)c1ccccc1. The zero-order valence-corrected chi connectivity index (χ0v) is 13.1. The Kier molecular flexibility index (Phi) is 5.50. The van der Waals surface area contributed by atoms with Gasteiger partial charge in [-0.3, -0.25) is 4.79 Å². The second-order valence-electron chi connectivity index (χ2n) is 5.13. The molecule has 0 fully saturated rings. The zero-order valence-electron chi connectivity index (χ0n) is 12.3. The van der Waals surface area contributed by atoms with Gasteiger partial charge in [0.05, 0.1) is 6.04 Å². The number of thiophene rings is 1. The first-order valence-corrected chi connectivity index (χ1v) is 7.75. The fourth-order valence-electron chi connectivity index (χ4n) is 2.18. The van der Waals surface area contributed by atoms with E-state index >= 15 is 0 Å². The highest BCUT2D eigenvalue weighted by Crippen LogP contribution is 2.19. The summed E-state index contributed by atoms with van der Waals surface area (Å²) < 4.78 is 0. The summed E-state index contributed by atoms with van der Waals surface area (Å²) in [6.07, 6.45) is 0. The summed E-state index contributed by atoms with van der Waals surface area (Å²) in [6.45, 7) is 0.537. The molecule has 0 spiro atoms. The zero-order chi connectivity index (χ0) is 15.2. The number of carbonyl (C=O) groups excluding carboxylic acids is 1. The van der Waals surface area contributed by atoms with Crippen molar-refractivity contribution in [2.75, 3.05) is 20.6 Å². The minimum atomic E-state index is -0.594. The summed E-state index contributed by atoms with van der Waals surface area (Å²) in [5.41, 5.74) is 7.14. The van der Waals surface area contributed by atoms with Crippen LogP contribution in [0.25, 0.3) is 0 Å². The molecule has 1 aromatic heterocycles. The second kappa shape index (κ2) is 7.36. The summed E-state index contributed by atoms with van der Waals surface area (Å²) in [7, 11) is 4.01. The molecular weight excluding hydrogens is 282 g/mol. The van der Waals surface area contributed by atoms with Crippen LogP contribution in [-0.2, 0) is 4.79 Å². The van der Waals surface area contributed by atoms with Crippen LogP contribution in [0.1, 0.15) is 22.5 Å². The highest BCUT2D eigenvalue weighted by molar-refractivity contribution is 7.10. The lowest BCUT2D eigenvalue weighted by atomic mass is 10.1. The number of amides is 1. The van der Waals surface area contributed by atoms with E-state index in [1.807, 2.05) is 49.8 Å². The maximum absolute atomic E-state index is 12.2. The van der Waals surface area contributed by atoms with E-state index in [-0.39, 0.29) is 11.9 Å². The molecule has 0 saturated heterocycles. The van der Waals surface area contributed by atoms with Gasteiger partial charge in [-0.15, -0.1) is 11.3 Å². The topological polar surface area (TPSA) is 58.4 Å². The number of rotatable bonds is 6. The smallest absolute Gasteiger partial charge is 0.242 e. The number of carbonyl (C=O) groups is 1. The van der Waals surface area contributed by atoms with Crippen molar-refractivity contribution in [2.24, 2.45) is 5.73 Å². The fraction of sp³-hybridized carbons (Fsp3) is 0.312. The van der Waals surface area contributed by atoms with E-state index in [9.17, 15) is 4.79 Å². The van der Waals surface area contributed by atoms with Gasteiger partial charge in [0.2, 0.25) is 5.91 Å². The highest BCUT2D eigenvalue weighted by atomic mass is 32.1. The molecule has 3 N–H and O–H groups in total. The first kappa shape index (κ1) is 15.7. The van der Waals surface area contributed by atoms with Crippen molar-refractivity contribution in [2.45, 2.75) is 12.1 Å². The molecule has 0 bridgehead atoms. The Labute approximate surface area is 129 Å². The van der Waals surface area contributed by atoms with Crippen LogP contribution in [0.2, 0.25) is 0 Å². The fourth-order valence-corrected chi connectivity index (χ4v) is 2.90. The quantitative estimate of drug-likeness (QED) is 0.860. The molecule has 0 aliphatic rings. The molecule has 0 radical (unpaired) electrons. The predicted octanol–water partition coefficient (Wildman–Crippen LogP) is 2.17. The number of nitrogens with one attached hydrogen (secondary N) is 1. The number of likely N-dealkylation sites (N-methyl/N-ethyl adjacent to an activating group) is 1. The molecule has 2 aromatic rings. The lowest BCUT2D eigenvalue weighted by molar-refractivity contribution is -0.122. The van der Waals surface area contributed by atoms with Crippen molar-refractivity contribution in [3.05, 3.63) is 58.3 Å². The monoisotopic (exact) mass is 303 g/mol. The molecule has 2 unspecified atom stereocenters. The first-order valence-electron chi connectivity index (χ1n) is 6.87. The van der Waals surface area contributed by atoms with Gasteiger partial charge in [-0.1, -0.05) is 36.4 Å². The average molecular weight is 303 g/mol. The predicted molar refractivity (Wildman–Crippen MR) is 87.1 cm³/mol. The van der Waals surface area contributed by atoms with Crippen molar-refractivity contribution in [3.8, 4) is 0 Å². The maximum Gasteiger partial charge on any atom is 0.242 e. The molecule has 0 aliphatic heterocycles. The Balaban J connectivity index is 1.98. The molecule has 1 amide bonds. The molecule has 21 heavy (non-hydrogen) atoms. The number of hydrogen-bond donors (Lipinski definition) is 2. The molecule has 4 nitrogen and oxygen atoms in total. The lowest BCUT2D eigenvalue weighted by Gasteiger charge is -2.25. The van der Waals surface area contributed by atoms with Gasteiger partial charge in [-0.25, -0.2) is 0 Å². The van der Waals surface area contributed by atoms with Gasteiger partial charge >= 0.3 is 0 Å².